The summed E-state index contributed by atoms with van der Waals surface area (Å²) < 4.78 is 23.1. The minimum atomic E-state index is -0.228. The van der Waals surface area contributed by atoms with E-state index < -0.39 is 0 Å². The molecule has 0 bridgehead atoms. The Morgan fingerprint density at radius 3 is 1.15 bits per heavy atom. The fraction of sp³-hybridized carbons (Fsp3) is 0.174. The lowest BCUT2D eigenvalue weighted by Crippen LogP contribution is -2.22. The second-order valence-corrected chi connectivity index (χ2v) is 13.9. The normalized spacial score (nSPS) is 15.1. The monoisotopic (exact) mass is 806 g/mol. The third-order valence-corrected chi connectivity index (χ3v) is 8.94. The average molecular weight is 807 g/mol. The van der Waals surface area contributed by atoms with Gasteiger partial charge in [0.05, 0.1) is 25.2 Å². The van der Waals surface area contributed by atoms with Gasteiger partial charge in [-0.2, -0.15) is 0 Å². The van der Waals surface area contributed by atoms with Crippen LogP contribution in [0.4, 0.5) is 0 Å². The number of benzene rings is 4. The van der Waals surface area contributed by atoms with Crippen LogP contribution in [0.2, 0.25) is 0 Å². The van der Waals surface area contributed by atoms with Crippen LogP contribution in [0.25, 0.3) is 0 Å². The molecule has 2 aliphatic rings. The third kappa shape index (κ3) is 10.8. The quantitative estimate of drug-likeness (QED) is 0.132. The molecule has 2 amide bonds. The van der Waals surface area contributed by atoms with Crippen LogP contribution in [0.1, 0.15) is 57.2 Å². The smallest absolute Gasteiger partial charge is 0.271 e. The summed E-state index contributed by atoms with van der Waals surface area (Å²) in [6, 6.07) is 41.2. The van der Waals surface area contributed by atoms with E-state index in [1.54, 1.807) is 52.5 Å². The number of hydrogen-bond acceptors (Lipinski definition) is 12. The molecule has 60 heavy (non-hydrogen) atoms. The van der Waals surface area contributed by atoms with Crippen molar-refractivity contribution in [3.05, 3.63) is 168 Å². The van der Waals surface area contributed by atoms with E-state index in [1.807, 2.05) is 109 Å². The van der Waals surface area contributed by atoms with E-state index in [-0.39, 0.29) is 24.0 Å². The highest BCUT2D eigenvalue weighted by Gasteiger charge is 2.26. The lowest BCUT2D eigenvalue weighted by molar-refractivity contribution is 0.0815. The van der Waals surface area contributed by atoms with E-state index in [0.717, 1.165) is 34.1 Å². The van der Waals surface area contributed by atoms with E-state index in [2.05, 4.69) is 20.3 Å². The number of ether oxygens (including phenoxy) is 4. The molecule has 0 fully saturated rings. The molecule has 0 radical (unpaired) electrons. The van der Waals surface area contributed by atoms with E-state index in [9.17, 15) is 9.59 Å². The maximum Gasteiger partial charge on any atom is 0.271 e. The molecular weight excluding hydrogens is 765 g/mol. The summed E-state index contributed by atoms with van der Waals surface area (Å²) in [4.78, 5) is 46.0. The number of para-hydroxylation sites is 2. The van der Waals surface area contributed by atoms with Crippen LogP contribution >= 0.6 is 0 Å². The first kappa shape index (κ1) is 40.5. The van der Waals surface area contributed by atoms with E-state index in [1.165, 1.54) is 22.2 Å². The van der Waals surface area contributed by atoms with Crippen molar-refractivity contribution in [1.82, 2.24) is 19.8 Å². The second kappa shape index (κ2) is 19.1. The molecule has 6 aromatic rings. The minimum Gasteiger partial charge on any atom is -0.457 e. The van der Waals surface area contributed by atoms with Crippen molar-refractivity contribution >= 4 is 23.6 Å². The highest BCUT2D eigenvalue weighted by molar-refractivity contribution is 5.92. The first-order valence-corrected chi connectivity index (χ1v) is 19.0. The number of carbonyl (C=O) groups is 2. The molecule has 4 aromatic carbocycles. The summed E-state index contributed by atoms with van der Waals surface area (Å²) in [5.41, 5.74) is 2.66. The van der Waals surface area contributed by atoms with Crippen LogP contribution in [-0.4, -0.2) is 71.6 Å². The zero-order valence-corrected chi connectivity index (χ0v) is 33.4. The Hall–Kier alpha value is -7.74. The highest BCUT2D eigenvalue weighted by Crippen LogP contribution is 2.32. The lowest BCUT2D eigenvalue weighted by Gasteiger charge is -2.10. The zero-order chi connectivity index (χ0) is 41.8. The third-order valence-electron chi connectivity index (χ3n) is 8.94. The molecule has 14 nitrogen and oxygen atoms in total. The molecule has 0 N–H and O–H groups in total. The van der Waals surface area contributed by atoms with Crippen molar-refractivity contribution in [1.29, 1.82) is 0 Å². The maximum absolute atomic E-state index is 11.9. The van der Waals surface area contributed by atoms with E-state index >= 15 is 0 Å². The molecule has 2 aromatic heterocycles. The van der Waals surface area contributed by atoms with Crippen LogP contribution in [-0.2, 0) is 9.68 Å². The number of oxime groups is 2. The Labute approximate surface area is 347 Å². The Morgan fingerprint density at radius 1 is 0.467 bits per heavy atom. The predicted octanol–water partition coefficient (Wildman–Crippen LogP) is 8.86. The maximum atomic E-state index is 11.9. The van der Waals surface area contributed by atoms with Crippen molar-refractivity contribution in [3.63, 3.8) is 0 Å². The summed E-state index contributed by atoms with van der Waals surface area (Å²) in [7, 11) is 6.72. The topological polar surface area (TPSA) is 146 Å². The summed E-state index contributed by atoms with van der Waals surface area (Å²) in [5.74, 6) is 4.65. The molecule has 2 aliphatic heterocycles. The summed E-state index contributed by atoms with van der Waals surface area (Å²) >= 11 is 0. The second-order valence-electron chi connectivity index (χ2n) is 13.9. The van der Waals surface area contributed by atoms with Crippen molar-refractivity contribution in [2.45, 2.75) is 25.0 Å². The summed E-state index contributed by atoms with van der Waals surface area (Å²) in [6.45, 7) is 0. The standard InChI is InChI=1S/2C23H21N3O4/c2*1-26(2)23(27)20-13-12-19(15-24-20)29-22-14-21(30-25-22)16-8-10-18(11-9-16)28-17-6-4-3-5-7-17/h2*3-13,15,21H,14H2,1-2H3/t2*21-/m10/s1. The largest absolute Gasteiger partial charge is 0.457 e. The highest BCUT2D eigenvalue weighted by atomic mass is 16.7. The van der Waals surface area contributed by atoms with E-state index in [0.29, 0.717) is 47.5 Å². The van der Waals surface area contributed by atoms with Crippen LogP contribution in [0.5, 0.6) is 34.5 Å². The van der Waals surface area contributed by atoms with Crippen molar-refractivity contribution in [2.75, 3.05) is 28.2 Å². The Balaban J connectivity index is 0.000000181. The van der Waals surface area contributed by atoms with Gasteiger partial charge in [-0.1, -0.05) is 71.0 Å². The van der Waals surface area contributed by atoms with Gasteiger partial charge in [-0.15, -0.1) is 0 Å². The van der Waals surface area contributed by atoms with Gasteiger partial charge in [0, 0.05) is 28.2 Å². The number of hydrogen-bond donors (Lipinski definition) is 0. The molecule has 304 valence electrons. The lowest BCUT2D eigenvalue weighted by atomic mass is 10.1. The van der Waals surface area contributed by atoms with Crippen LogP contribution in [0.3, 0.4) is 0 Å². The number of aromatic nitrogens is 2. The first-order valence-electron chi connectivity index (χ1n) is 19.0. The summed E-state index contributed by atoms with van der Waals surface area (Å²) in [5, 5.41) is 8.05. The molecule has 2 atom stereocenters. The van der Waals surface area contributed by atoms with Gasteiger partial charge in [-0.25, -0.2) is 9.97 Å². The first-order chi connectivity index (χ1) is 29.2. The van der Waals surface area contributed by atoms with Crippen molar-refractivity contribution < 1.29 is 38.2 Å². The SMILES string of the molecule is CN(C)C(=O)c1ccc(OC2=NO[C@@H](c3ccc(Oc4ccccc4)cc3)C2)cn1.CN(C)C(=O)c1ccc(OC2=NO[C@H](c3ccc(Oc4ccccc4)cc3)C2)cn1. The van der Waals surface area contributed by atoms with E-state index in [4.69, 9.17) is 28.6 Å². The molecule has 14 heteroatoms. The van der Waals surface area contributed by atoms with Crippen LogP contribution in [0.15, 0.2) is 156 Å². The average Bonchev–Trinajstić information content (AvgIpc) is 3.95. The fourth-order valence-electron chi connectivity index (χ4n) is 5.80. The molecule has 0 aliphatic carbocycles. The fourth-order valence-corrected chi connectivity index (χ4v) is 5.80. The number of nitrogens with zero attached hydrogens (tertiary/aromatic N) is 6. The van der Waals surface area contributed by atoms with Gasteiger partial charge in [0.25, 0.3) is 11.8 Å². The van der Waals surface area contributed by atoms with Gasteiger partial charge in [-0.05, 0) is 83.9 Å². The van der Waals surface area contributed by atoms with Gasteiger partial charge in [0.15, 0.2) is 12.2 Å². The number of amides is 2. The van der Waals surface area contributed by atoms with Crippen LogP contribution < -0.4 is 18.9 Å². The Morgan fingerprint density at radius 2 is 0.817 bits per heavy atom. The predicted molar refractivity (Wildman–Crippen MR) is 223 cm³/mol. The molecular formula is C46H42N6O8. The number of pyridine rings is 2. The van der Waals surface area contributed by atoms with Gasteiger partial charge in [-0.3, -0.25) is 9.59 Å². The van der Waals surface area contributed by atoms with Crippen LogP contribution in [0, 0.1) is 0 Å². The number of carbonyl (C=O) groups excluding carboxylic acids is 2. The van der Waals surface area contributed by atoms with Crippen molar-refractivity contribution in [3.8, 4) is 34.5 Å². The molecule has 0 unspecified atom stereocenters. The molecule has 0 spiro atoms. The summed E-state index contributed by atoms with van der Waals surface area (Å²) in [6.07, 6.45) is 3.54. The number of rotatable bonds is 10. The molecule has 0 saturated carbocycles. The van der Waals surface area contributed by atoms with Gasteiger partial charge < -0.3 is 38.4 Å². The minimum absolute atomic E-state index is 0.164. The van der Waals surface area contributed by atoms with Crippen molar-refractivity contribution in [2.24, 2.45) is 10.3 Å². The molecule has 4 heterocycles. The van der Waals surface area contributed by atoms with Gasteiger partial charge in [0.2, 0.25) is 11.8 Å². The zero-order valence-electron chi connectivity index (χ0n) is 33.4. The Bertz CT molecular complexity index is 2240. The Kier molecular flexibility index (Phi) is 12.9. The molecule has 0 saturated heterocycles. The van der Waals surface area contributed by atoms with Gasteiger partial charge in [0.1, 0.15) is 45.9 Å². The van der Waals surface area contributed by atoms with Gasteiger partial charge >= 0.3 is 0 Å². The molecule has 8 rings (SSSR count).